The minimum atomic E-state index is -0.373. The van der Waals surface area contributed by atoms with E-state index in [1.165, 1.54) is 77.0 Å². The Morgan fingerprint density at radius 3 is 1.86 bits per heavy atom. The number of hydrogen-bond acceptors (Lipinski definition) is 7. The summed E-state index contributed by atoms with van der Waals surface area (Å²) in [5, 5.41) is 0. The SMILES string of the molecule is CCCCCCCCCOC(CCC(=O)O[C@H]1CCCN(C(=O)OCCCN(CC)CC)C1)OCCCCCCCCC. The predicted octanol–water partition coefficient (Wildman–Crippen LogP) is 8.50. The van der Waals surface area contributed by atoms with Gasteiger partial charge in [0.25, 0.3) is 0 Å². The molecule has 0 bridgehead atoms. The molecule has 0 N–H and O–H groups in total. The maximum atomic E-state index is 12.8. The van der Waals surface area contributed by atoms with Crippen molar-refractivity contribution in [1.82, 2.24) is 9.80 Å². The molecule has 0 saturated carbocycles. The number of nitrogens with zero attached hydrogens (tertiary/aromatic N) is 2. The van der Waals surface area contributed by atoms with Crippen molar-refractivity contribution < 1.29 is 28.5 Å². The standard InChI is InChI=1S/C35H68N2O6/c1-5-9-11-13-15-17-19-28-40-34(41-29-20-18-16-14-12-10-6-2)25-24-33(38)43-32-23-21-27-37(31-32)35(39)42-30-22-26-36(7-3)8-4/h32,34H,5-31H2,1-4H3/t32-/m0/s1. The van der Waals surface area contributed by atoms with Crippen LogP contribution >= 0.6 is 0 Å². The van der Waals surface area contributed by atoms with Crippen LogP contribution in [0.5, 0.6) is 0 Å². The molecule has 8 nitrogen and oxygen atoms in total. The van der Waals surface area contributed by atoms with Gasteiger partial charge in [-0.3, -0.25) is 4.79 Å². The molecule has 1 rings (SSSR count). The van der Waals surface area contributed by atoms with Gasteiger partial charge in [0.1, 0.15) is 6.10 Å². The topological polar surface area (TPSA) is 77.5 Å². The van der Waals surface area contributed by atoms with E-state index in [1.807, 2.05) is 0 Å². The Hall–Kier alpha value is -1.38. The monoisotopic (exact) mass is 613 g/mol. The van der Waals surface area contributed by atoms with E-state index in [4.69, 9.17) is 18.9 Å². The first-order chi connectivity index (χ1) is 21.0. The van der Waals surface area contributed by atoms with E-state index < -0.39 is 0 Å². The second kappa shape index (κ2) is 28.1. The third-order valence-corrected chi connectivity index (χ3v) is 8.36. The molecule has 1 heterocycles. The molecule has 1 atom stereocenters. The fourth-order valence-corrected chi connectivity index (χ4v) is 5.52. The second-order valence-electron chi connectivity index (χ2n) is 12.1. The van der Waals surface area contributed by atoms with Crippen molar-refractivity contribution in [1.29, 1.82) is 0 Å². The van der Waals surface area contributed by atoms with Crippen molar-refractivity contribution >= 4 is 12.1 Å². The number of piperidine rings is 1. The molecular formula is C35H68N2O6. The highest BCUT2D eigenvalue weighted by molar-refractivity contribution is 5.70. The van der Waals surface area contributed by atoms with E-state index in [0.717, 1.165) is 51.7 Å². The molecule has 8 heteroatoms. The summed E-state index contributed by atoms with van der Waals surface area (Å²) in [7, 11) is 0. The Kier molecular flexibility index (Phi) is 25.9. The number of esters is 1. The Bertz CT molecular complexity index is 640. The third kappa shape index (κ3) is 21.9. The molecule has 0 aromatic heterocycles. The Morgan fingerprint density at radius 2 is 1.30 bits per heavy atom. The molecule has 1 fully saturated rings. The molecule has 0 aromatic carbocycles. The number of amides is 1. The molecule has 0 unspecified atom stereocenters. The normalized spacial score (nSPS) is 15.4. The summed E-state index contributed by atoms with van der Waals surface area (Å²) in [4.78, 5) is 29.3. The lowest BCUT2D eigenvalue weighted by Crippen LogP contribution is -2.44. The first-order valence-electron chi connectivity index (χ1n) is 18.1. The Balaban J connectivity index is 2.37. The van der Waals surface area contributed by atoms with E-state index in [-0.39, 0.29) is 30.9 Å². The highest BCUT2D eigenvalue weighted by Crippen LogP contribution is 2.17. The van der Waals surface area contributed by atoms with Crippen LogP contribution < -0.4 is 0 Å². The first kappa shape index (κ1) is 39.6. The lowest BCUT2D eigenvalue weighted by Gasteiger charge is -2.31. The van der Waals surface area contributed by atoms with Crippen LogP contribution in [0.4, 0.5) is 4.79 Å². The molecule has 1 aliphatic heterocycles. The maximum absolute atomic E-state index is 12.8. The number of hydrogen-bond donors (Lipinski definition) is 0. The number of carbonyl (C=O) groups excluding carboxylic acids is 2. The van der Waals surface area contributed by atoms with Gasteiger partial charge in [0.15, 0.2) is 6.29 Å². The highest BCUT2D eigenvalue weighted by Gasteiger charge is 2.27. The van der Waals surface area contributed by atoms with Gasteiger partial charge in [-0.25, -0.2) is 4.79 Å². The Morgan fingerprint density at radius 1 is 0.744 bits per heavy atom. The number of carbonyl (C=O) groups is 2. The van der Waals surface area contributed by atoms with E-state index >= 15 is 0 Å². The molecule has 0 aromatic rings. The summed E-state index contributed by atoms with van der Waals surface area (Å²) in [6, 6.07) is 0. The third-order valence-electron chi connectivity index (χ3n) is 8.36. The number of likely N-dealkylation sites (tertiary alicyclic amines) is 1. The highest BCUT2D eigenvalue weighted by atomic mass is 16.7. The average Bonchev–Trinajstić information content (AvgIpc) is 3.02. The van der Waals surface area contributed by atoms with Crippen LogP contribution in [-0.2, 0) is 23.7 Å². The van der Waals surface area contributed by atoms with Crippen LogP contribution in [0.25, 0.3) is 0 Å². The zero-order valence-electron chi connectivity index (χ0n) is 28.6. The van der Waals surface area contributed by atoms with Crippen LogP contribution in [0.1, 0.15) is 150 Å². The van der Waals surface area contributed by atoms with Gasteiger partial charge in [-0.2, -0.15) is 0 Å². The van der Waals surface area contributed by atoms with Gasteiger partial charge in [0.2, 0.25) is 0 Å². The lowest BCUT2D eigenvalue weighted by atomic mass is 10.1. The van der Waals surface area contributed by atoms with Gasteiger partial charge in [0, 0.05) is 32.7 Å². The molecule has 1 amide bonds. The molecule has 43 heavy (non-hydrogen) atoms. The smallest absolute Gasteiger partial charge is 0.409 e. The van der Waals surface area contributed by atoms with Crippen LogP contribution in [0.2, 0.25) is 0 Å². The summed E-state index contributed by atoms with van der Waals surface area (Å²) in [5.74, 6) is -0.247. The predicted molar refractivity (Wildman–Crippen MR) is 175 cm³/mol. The fourth-order valence-electron chi connectivity index (χ4n) is 5.52. The number of rotatable bonds is 28. The largest absolute Gasteiger partial charge is 0.460 e. The van der Waals surface area contributed by atoms with Gasteiger partial charge in [-0.1, -0.05) is 105 Å². The van der Waals surface area contributed by atoms with Crippen LogP contribution in [0.15, 0.2) is 0 Å². The van der Waals surface area contributed by atoms with Gasteiger partial charge in [-0.05, 0) is 45.2 Å². The Labute approximate surface area is 264 Å². The first-order valence-corrected chi connectivity index (χ1v) is 18.1. The quantitative estimate of drug-likeness (QED) is 0.0498. The zero-order chi connectivity index (χ0) is 31.4. The molecule has 0 spiro atoms. The van der Waals surface area contributed by atoms with E-state index in [1.54, 1.807) is 4.90 Å². The van der Waals surface area contributed by atoms with E-state index in [9.17, 15) is 9.59 Å². The number of unbranched alkanes of at least 4 members (excludes halogenated alkanes) is 12. The molecule has 1 saturated heterocycles. The number of ether oxygens (including phenoxy) is 4. The van der Waals surface area contributed by atoms with Crippen LogP contribution in [0.3, 0.4) is 0 Å². The summed E-state index contributed by atoms with van der Waals surface area (Å²) in [5.41, 5.74) is 0. The minimum Gasteiger partial charge on any atom is -0.460 e. The lowest BCUT2D eigenvalue weighted by molar-refractivity contribution is -0.163. The zero-order valence-corrected chi connectivity index (χ0v) is 28.6. The van der Waals surface area contributed by atoms with E-state index in [0.29, 0.717) is 39.3 Å². The summed E-state index contributed by atoms with van der Waals surface area (Å²) >= 11 is 0. The molecule has 0 aliphatic carbocycles. The van der Waals surface area contributed by atoms with Crippen molar-refractivity contribution in [2.24, 2.45) is 0 Å². The van der Waals surface area contributed by atoms with Crippen LogP contribution in [-0.4, -0.2) is 86.8 Å². The maximum Gasteiger partial charge on any atom is 0.409 e. The molecule has 0 radical (unpaired) electrons. The van der Waals surface area contributed by atoms with Gasteiger partial charge in [-0.15, -0.1) is 0 Å². The average molecular weight is 613 g/mol. The molecule has 254 valence electrons. The van der Waals surface area contributed by atoms with Gasteiger partial charge in [0.05, 0.1) is 19.6 Å². The summed E-state index contributed by atoms with van der Waals surface area (Å²) in [6.07, 6.45) is 19.5. The van der Waals surface area contributed by atoms with E-state index in [2.05, 4.69) is 32.6 Å². The summed E-state index contributed by atoms with van der Waals surface area (Å²) < 4.78 is 23.5. The van der Waals surface area contributed by atoms with Gasteiger partial charge < -0.3 is 28.7 Å². The van der Waals surface area contributed by atoms with Crippen molar-refractivity contribution in [3.63, 3.8) is 0 Å². The summed E-state index contributed by atoms with van der Waals surface area (Å²) in [6.45, 7) is 14.5. The van der Waals surface area contributed by atoms with Gasteiger partial charge >= 0.3 is 12.1 Å². The van der Waals surface area contributed by atoms with Crippen molar-refractivity contribution in [3.05, 3.63) is 0 Å². The molecular weight excluding hydrogens is 544 g/mol. The minimum absolute atomic E-state index is 0.247. The van der Waals surface area contributed by atoms with Crippen LogP contribution in [0, 0.1) is 0 Å². The van der Waals surface area contributed by atoms with Crippen molar-refractivity contribution in [3.8, 4) is 0 Å². The second-order valence-corrected chi connectivity index (χ2v) is 12.1. The fraction of sp³-hybridized carbons (Fsp3) is 0.943. The molecule has 1 aliphatic rings. The van der Waals surface area contributed by atoms with Crippen molar-refractivity contribution in [2.45, 2.75) is 162 Å². The van der Waals surface area contributed by atoms with Crippen molar-refractivity contribution in [2.75, 3.05) is 52.5 Å².